The molecule has 7 nitrogen and oxygen atoms in total. The molecule has 1 aliphatic heterocycles. The van der Waals surface area contributed by atoms with Gasteiger partial charge in [0.15, 0.2) is 11.5 Å². The van der Waals surface area contributed by atoms with E-state index in [9.17, 15) is 9.59 Å². The van der Waals surface area contributed by atoms with Crippen molar-refractivity contribution in [2.45, 2.75) is 19.4 Å². The Bertz CT molecular complexity index is 597. The fraction of sp³-hybridized carbons (Fsp3) is 0.556. The Balaban J connectivity index is 1.77. The number of nitrogens with zero attached hydrogens (tertiary/aromatic N) is 1. The maximum absolute atomic E-state index is 12.1. The van der Waals surface area contributed by atoms with Gasteiger partial charge >= 0.3 is 5.97 Å². The molecule has 25 heavy (non-hydrogen) atoms. The van der Waals surface area contributed by atoms with Gasteiger partial charge in [0.05, 0.1) is 33.8 Å². The molecule has 1 saturated heterocycles. The Morgan fingerprint density at radius 2 is 1.80 bits per heavy atom. The summed E-state index contributed by atoms with van der Waals surface area (Å²) in [5, 5.41) is 2.91. The predicted molar refractivity (Wildman–Crippen MR) is 92.6 cm³/mol. The molecule has 2 rings (SSSR count). The number of ether oxygens (including phenoxy) is 3. The van der Waals surface area contributed by atoms with E-state index in [1.165, 1.54) is 7.11 Å². The van der Waals surface area contributed by atoms with Crippen molar-refractivity contribution in [3.8, 4) is 11.5 Å². The van der Waals surface area contributed by atoms with Crippen LogP contribution in [0.5, 0.6) is 11.5 Å². The molecule has 0 aliphatic carbocycles. The minimum Gasteiger partial charge on any atom is -0.493 e. The van der Waals surface area contributed by atoms with Crippen LogP contribution in [0.15, 0.2) is 18.2 Å². The van der Waals surface area contributed by atoms with E-state index in [0.29, 0.717) is 24.6 Å². The summed E-state index contributed by atoms with van der Waals surface area (Å²) in [6.07, 6.45) is 1.46. The molecule has 0 bridgehead atoms. The molecule has 138 valence electrons. The normalized spacial score (nSPS) is 15.5. The molecular weight excluding hydrogens is 324 g/mol. The first-order chi connectivity index (χ1) is 12.1. The fourth-order valence-electron chi connectivity index (χ4n) is 2.94. The van der Waals surface area contributed by atoms with Crippen LogP contribution in [0.1, 0.15) is 18.4 Å². The third-order valence-electron chi connectivity index (χ3n) is 4.43. The van der Waals surface area contributed by atoms with Crippen molar-refractivity contribution in [2.75, 3.05) is 41.0 Å². The highest BCUT2D eigenvalue weighted by Gasteiger charge is 2.26. The molecule has 0 atom stereocenters. The summed E-state index contributed by atoms with van der Waals surface area (Å²) in [7, 11) is 4.58. The molecule has 0 radical (unpaired) electrons. The van der Waals surface area contributed by atoms with Gasteiger partial charge < -0.3 is 19.5 Å². The first-order valence-corrected chi connectivity index (χ1v) is 8.35. The van der Waals surface area contributed by atoms with Crippen molar-refractivity contribution in [2.24, 2.45) is 5.92 Å². The third-order valence-corrected chi connectivity index (χ3v) is 4.43. The molecule has 0 spiro atoms. The molecule has 0 saturated carbocycles. The van der Waals surface area contributed by atoms with Gasteiger partial charge in [-0.1, -0.05) is 6.07 Å². The maximum atomic E-state index is 12.1. The van der Waals surface area contributed by atoms with Crippen LogP contribution in [-0.4, -0.2) is 57.7 Å². The molecule has 1 heterocycles. The minimum atomic E-state index is -0.155. The summed E-state index contributed by atoms with van der Waals surface area (Å²) in [4.78, 5) is 25.7. The Morgan fingerprint density at radius 1 is 1.12 bits per heavy atom. The van der Waals surface area contributed by atoms with Gasteiger partial charge in [-0.3, -0.25) is 14.5 Å². The Kier molecular flexibility index (Phi) is 7.06. The molecule has 1 amide bonds. The zero-order valence-electron chi connectivity index (χ0n) is 15.0. The number of carbonyl (C=O) groups excluding carboxylic acids is 2. The van der Waals surface area contributed by atoms with Crippen molar-refractivity contribution < 1.29 is 23.8 Å². The van der Waals surface area contributed by atoms with E-state index >= 15 is 0 Å². The molecule has 1 aromatic carbocycles. The second-order valence-electron chi connectivity index (χ2n) is 6.04. The standard InChI is InChI=1S/C18H26N2O5/c1-23-15-5-4-13(10-16(15)24-2)11-19-17(21)12-20-8-6-14(7-9-20)18(22)25-3/h4-5,10,14H,6-9,11-12H2,1-3H3,(H,19,21). The summed E-state index contributed by atoms with van der Waals surface area (Å²) in [5.41, 5.74) is 0.940. The van der Waals surface area contributed by atoms with E-state index in [2.05, 4.69) is 10.2 Å². The number of likely N-dealkylation sites (tertiary alicyclic amines) is 1. The first kappa shape index (κ1) is 19.1. The highest BCUT2D eigenvalue weighted by Crippen LogP contribution is 2.27. The van der Waals surface area contributed by atoms with Crippen molar-refractivity contribution in [1.82, 2.24) is 10.2 Å². The van der Waals surface area contributed by atoms with Crippen LogP contribution >= 0.6 is 0 Å². The lowest BCUT2D eigenvalue weighted by molar-refractivity contribution is -0.147. The van der Waals surface area contributed by atoms with Gasteiger partial charge in [0.1, 0.15) is 0 Å². The molecule has 1 aliphatic rings. The number of piperidine rings is 1. The van der Waals surface area contributed by atoms with Crippen molar-refractivity contribution in [1.29, 1.82) is 0 Å². The molecule has 1 N–H and O–H groups in total. The highest BCUT2D eigenvalue weighted by atomic mass is 16.5. The molecule has 7 heteroatoms. The average Bonchev–Trinajstić information content (AvgIpc) is 2.66. The zero-order valence-corrected chi connectivity index (χ0v) is 15.0. The number of hydrogen-bond acceptors (Lipinski definition) is 6. The fourth-order valence-corrected chi connectivity index (χ4v) is 2.94. The van der Waals surface area contributed by atoms with Crippen LogP contribution in [0.25, 0.3) is 0 Å². The lowest BCUT2D eigenvalue weighted by Gasteiger charge is -2.29. The Morgan fingerprint density at radius 3 is 2.40 bits per heavy atom. The molecular formula is C18H26N2O5. The number of esters is 1. The molecule has 1 fully saturated rings. The van der Waals surface area contributed by atoms with Crippen LogP contribution in [0.4, 0.5) is 0 Å². The Hall–Kier alpha value is -2.28. The maximum Gasteiger partial charge on any atom is 0.308 e. The summed E-state index contributed by atoms with van der Waals surface area (Å²) in [6, 6.07) is 5.56. The van der Waals surface area contributed by atoms with Gasteiger partial charge in [0.2, 0.25) is 5.91 Å². The number of methoxy groups -OCH3 is 3. The third kappa shape index (κ3) is 5.35. The monoisotopic (exact) mass is 350 g/mol. The van der Waals surface area contributed by atoms with Gasteiger partial charge in [-0.05, 0) is 43.6 Å². The minimum absolute atomic E-state index is 0.0358. The molecule has 0 unspecified atom stereocenters. The Labute approximate surface area is 148 Å². The lowest BCUT2D eigenvalue weighted by Crippen LogP contribution is -2.42. The number of amides is 1. The zero-order chi connectivity index (χ0) is 18.2. The number of nitrogens with one attached hydrogen (secondary N) is 1. The summed E-state index contributed by atoms with van der Waals surface area (Å²) in [6.45, 7) is 2.21. The van der Waals surface area contributed by atoms with E-state index in [4.69, 9.17) is 14.2 Å². The summed E-state index contributed by atoms with van der Waals surface area (Å²) in [5.74, 6) is 1.06. The SMILES string of the molecule is COC(=O)C1CCN(CC(=O)NCc2ccc(OC)c(OC)c2)CC1. The van der Waals surface area contributed by atoms with Crippen molar-refractivity contribution >= 4 is 11.9 Å². The van der Waals surface area contributed by atoms with E-state index < -0.39 is 0 Å². The second kappa shape index (κ2) is 9.27. The average molecular weight is 350 g/mol. The number of hydrogen-bond donors (Lipinski definition) is 1. The molecule has 0 aromatic heterocycles. The van der Waals surface area contributed by atoms with Crippen LogP contribution in [0.2, 0.25) is 0 Å². The van der Waals surface area contributed by atoms with Crippen LogP contribution in [0, 0.1) is 5.92 Å². The lowest BCUT2D eigenvalue weighted by atomic mass is 9.97. The van der Waals surface area contributed by atoms with Crippen molar-refractivity contribution in [3.63, 3.8) is 0 Å². The quantitative estimate of drug-likeness (QED) is 0.745. The van der Waals surface area contributed by atoms with Gasteiger partial charge in [0.25, 0.3) is 0 Å². The summed E-state index contributed by atoms with van der Waals surface area (Å²) < 4.78 is 15.2. The van der Waals surface area contributed by atoms with Crippen LogP contribution in [0.3, 0.4) is 0 Å². The summed E-state index contributed by atoms with van der Waals surface area (Å²) >= 11 is 0. The second-order valence-corrected chi connectivity index (χ2v) is 6.04. The van der Waals surface area contributed by atoms with E-state index in [1.807, 2.05) is 18.2 Å². The largest absolute Gasteiger partial charge is 0.493 e. The van der Waals surface area contributed by atoms with Crippen LogP contribution in [-0.2, 0) is 20.9 Å². The smallest absolute Gasteiger partial charge is 0.308 e. The number of carbonyl (C=O) groups is 2. The molecule has 1 aromatic rings. The van der Waals surface area contributed by atoms with Crippen molar-refractivity contribution in [3.05, 3.63) is 23.8 Å². The van der Waals surface area contributed by atoms with E-state index in [1.54, 1.807) is 14.2 Å². The topological polar surface area (TPSA) is 77.1 Å². The van der Waals surface area contributed by atoms with Gasteiger partial charge in [-0.15, -0.1) is 0 Å². The van der Waals surface area contributed by atoms with Gasteiger partial charge in [-0.2, -0.15) is 0 Å². The van der Waals surface area contributed by atoms with E-state index in [-0.39, 0.29) is 17.8 Å². The first-order valence-electron chi connectivity index (χ1n) is 8.35. The highest BCUT2D eigenvalue weighted by molar-refractivity contribution is 5.78. The van der Waals surface area contributed by atoms with E-state index in [0.717, 1.165) is 31.5 Å². The predicted octanol–water partition coefficient (Wildman–Crippen LogP) is 1.21. The number of benzene rings is 1. The van der Waals surface area contributed by atoms with Crippen LogP contribution < -0.4 is 14.8 Å². The number of rotatable bonds is 7. The van der Waals surface area contributed by atoms with Gasteiger partial charge in [-0.25, -0.2) is 0 Å². The van der Waals surface area contributed by atoms with Gasteiger partial charge in [0, 0.05) is 6.54 Å².